The van der Waals surface area contributed by atoms with E-state index in [4.69, 9.17) is 17.3 Å². The van der Waals surface area contributed by atoms with Gasteiger partial charge in [-0.25, -0.2) is 0 Å². The summed E-state index contributed by atoms with van der Waals surface area (Å²) in [5.41, 5.74) is 6.88. The number of hydrogen-bond donors (Lipinski definition) is 2. The Morgan fingerprint density at radius 1 is 1.48 bits per heavy atom. The second-order valence-electron chi connectivity index (χ2n) is 5.92. The number of amides is 1. The second-order valence-corrected chi connectivity index (χ2v) is 8.13. The van der Waals surface area contributed by atoms with E-state index < -0.39 is 0 Å². The third-order valence-corrected chi connectivity index (χ3v) is 5.26. The van der Waals surface area contributed by atoms with Gasteiger partial charge in [0, 0.05) is 29.3 Å². The normalized spacial score (nSPS) is 19.0. The summed E-state index contributed by atoms with van der Waals surface area (Å²) in [5.74, 6) is 1.01. The third kappa shape index (κ3) is 5.09. The minimum Gasteiger partial charge on any atom is -0.399 e. The molecule has 0 bridgehead atoms. The number of benzene rings is 1. The van der Waals surface area contributed by atoms with Crippen molar-refractivity contribution in [2.75, 3.05) is 36.4 Å². The summed E-state index contributed by atoms with van der Waals surface area (Å²) in [6.07, 6.45) is 1.09. The van der Waals surface area contributed by atoms with Crippen molar-refractivity contribution >= 4 is 40.6 Å². The molecule has 116 valence electrons. The Hall–Kier alpha value is -0.910. The fourth-order valence-electron chi connectivity index (χ4n) is 2.25. The molecule has 1 fully saturated rings. The largest absolute Gasteiger partial charge is 0.399 e. The molecule has 0 aromatic heterocycles. The van der Waals surface area contributed by atoms with Crippen molar-refractivity contribution in [1.29, 1.82) is 0 Å². The van der Waals surface area contributed by atoms with Gasteiger partial charge in [-0.15, -0.1) is 0 Å². The number of carbonyl (C=O) groups is 1. The van der Waals surface area contributed by atoms with E-state index in [1.165, 1.54) is 0 Å². The topological polar surface area (TPSA) is 58.4 Å². The molecule has 4 nitrogen and oxygen atoms in total. The van der Waals surface area contributed by atoms with Crippen molar-refractivity contribution in [2.24, 2.45) is 0 Å². The molecule has 0 spiro atoms. The average molecular weight is 328 g/mol. The molecule has 21 heavy (non-hydrogen) atoms. The highest BCUT2D eigenvalue weighted by Gasteiger charge is 2.24. The number of nitrogens with one attached hydrogen (secondary N) is 1. The van der Waals surface area contributed by atoms with Crippen molar-refractivity contribution in [2.45, 2.75) is 25.0 Å². The molecule has 0 atom stereocenters. The van der Waals surface area contributed by atoms with E-state index >= 15 is 0 Å². The Labute approximate surface area is 135 Å². The van der Waals surface area contributed by atoms with Gasteiger partial charge in [0.05, 0.1) is 17.3 Å². The highest BCUT2D eigenvalue weighted by molar-refractivity contribution is 8.00. The molecule has 2 rings (SSSR count). The Morgan fingerprint density at radius 2 is 2.24 bits per heavy atom. The quantitative estimate of drug-likeness (QED) is 0.838. The van der Waals surface area contributed by atoms with E-state index in [9.17, 15) is 4.79 Å². The first-order valence-electron chi connectivity index (χ1n) is 7.07. The molecule has 1 aliphatic rings. The fourth-order valence-corrected chi connectivity index (χ4v) is 3.55. The Bertz CT molecular complexity index is 522. The van der Waals surface area contributed by atoms with E-state index in [1.54, 1.807) is 18.2 Å². The lowest BCUT2D eigenvalue weighted by Gasteiger charge is -2.22. The zero-order valence-electron chi connectivity index (χ0n) is 12.5. The summed E-state index contributed by atoms with van der Waals surface area (Å²) in [4.78, 5) is 14.4. The Kier molecular flexibility index (Phi) is 5.41. The SMILES string of the molecule is CC1(C)CCN(CC(=O)Nc2cc(N)ccc2Cl)CCS1. The van der Waals surface area contributed by atoms with Crippen LogP contribution in [0.1, 0.15) is 20.3 Å². The molecule has 1 aliphatic heterocycles. The van der Waals surface area contributed by atoms with Crippen LogP contribution < -0.4 is 11.1 Å². The molecule has 0 unspecified atom stereocenters. The molecule has 1 saturated heterocycles. The van der Waals surface area contributed by atoms with Crippen LogP contribution in [0, 0.1) is 0 Å². The minimum atomic E-state index is -0.0489. The van der Waals surface area contributed by atoms with Crippen LogP contribution in [0.5, 0.6) is 0 Å². The van der Waals surface area contributed by atoms with Gasteiger partial charge in [-0.05, 0) is 24.6 Å². The van der Waals surface area contributed by atoms with Gasteiger partial charge in [-0.1, -0.05) is 25.4 Å². The molecule has 3 N–H and O–H groups in total. The molecule has 1 aromatic carbocycles. The number of halogens is 1. The monoisotopic (exact) mass is 327 g/mol. The van der Waals surface area contributed by atoms with Gasteiger partial charge in [-0.2, -0.15) is 11.8 Å². The highest BCUT2D eigenvalue weighted by atomic mass is 35.5. The maximum atomic E-state index is 12.2. The molecular weight excluding hydrogens is 306 g/mol. The van der Waals surface area contributed by atoms with Gasteiger partial charge in [0.15, 0.2) is 0 Å². The van der Waals surface area contributed by atoms with E-state index in [2.05, 4.69) is 24.1 Å². The lowest BCUT2D eigenvalue weighted by atomic mass is 10.1. The van der Waals surface area contributed by atoms with Crippen LogP contribution in [-0.4, -0.2) is 40.9 Å². The van der Waals surface area contributed by atoms with Crippen LogP contribution in [0.2, 0.25) is 5.02 Å². The van der Waals surface area contributed by atoms with Crippen LogP contribution in [0.3, 0.4) is 0 Å². The molecule has 0 saturated carbocycles. The number of hydrogen-bond acceptors (Lipinski definition) is 4. The Morgan fingerprint density at radius 3 is 3.00 bits per heavy atom. The van der Waals surface area contributed by atoms with Gasteiger partial charge in [0.1, 0.15) is 0 Å². The van der Waals surface area contributed by atoms with Crippen molar-refractivity contribution < 1.29 is 4.79 Å². The maximum Gasteiger partial charge on any atom is 0.238 e. The first-order chi connectivity index (χ1) is 9.85. The predicted molar refractivity (Wildman–Crippen MR) is 92.1 cm³/mol. The number of thioether (sulfide) groups is 1. The Balaban J connectivity index is 1.91. The van der Waals surface area contributed by atoms with Gasteiger partial charge in [0.25, 0.3) is 0 Å². The van der Waals surface area contributed by atoms with Crippen molar-refractivity contribution in [3.8, 4) is 0 Å². The summed E-state index contributed by atoms with van der Waals surface area (Å²) in [5, 5.41) is 3.34. The summed E-state index contributed by atoms with van der Waals surface area (Å²) >= 11 is 8.03. The summed E-state index contributed by atoms with van der Waals surface area (Å²) in [6.45, 7) is 6.79. The number of nitrogens with zero attached hydrogens (tertiary/aromatic N) is 1. The van der Waals surface area contributed by atoms with E-state index in [1.807, 2.05) is 11.8 Å². The predicted octanol–water partition coefficient (Wildman–Crippen LogP) is 3.08. The third-order valence-electron chi connectivity index (χ3n) is 3.56. The molecule has 6 heteroatoms. The first kappa shape index (κ1) is 16.5. The second kappa shape index (κ2) is 6.90. The standard InChI is InChI=1S/C15H22ClN3OS/c1-15(2)5-6-19(7-8-21-15)10-14(20)18-13-9-11(17)3-4-12(13)16/h3-4,9H,5-8,10,17H2,1-2H3,(H,18,20). The number of nitrogens with two attached hydrogens (primary N) is 1. The number of anilines is 2. The van der Waals surface area contributed by atoms with Gasteiger partial charge >= 0.3 is 0 Å². The molecule has 1 amide bonds. The zero-order chi connectivity index (χ0) is 15.5. The summed E-state index contributed by atoms with van der Waals surface area (Å²) in [7, 11) is 0. The smallest absolute Gasteiger partial charge is 0.238 e. The lowest BCUT2D eigenvalue weighted by Crippen LogP contribution is -2.35. The van der Waals surface area contributed by atoms with E-state index in [-0.39, 0.29) is 5.91 Å². The molecule has 1 heterocycles. The van der Waals surface area contributed by atoms with Crippen LogP contribution in [0.15, 0.2) is 18.2 Å². The zero-order valence-corrected chi connectivity index (χ0v) is 14.1. The number of nitrogen functional groups attached to an aromatic ring is 1. The van der Waals surface area contributed by atoms with Gasteiger partial charge in [-0.3, -0.25) is 9.69 Å². The summed E-state index contributed by atoms with van der Waals surface area (Å²) in [6, 6.07) is 5.09. The number of rotatable bonds is 3. The van der Waals surface area contributed by atoms with Crippen LogP contribution >= 0.6 is 23.4 Å². The van der Waals surface area contributed by atoms with Gasteiger partial charge < -0.3 is 11.1 Å². The lowest BCUT2D eigenvalue weighted by molar-refractivity contribution is -0.117. The van der Waals surface area contributed by atoms with E-state index in [0.29, 0.717) is 27.7 Å². The van der Waals surface area contributed by atoms with Crippen LogP contribution in [0.25, 0.3) is 0 Å². The maximum absolute atomic E-state index is 12.2. The van der Waals surface area contributed by atoms with Gasteiger partial charge in [0.2, 0.25) is 5.91 Å². The minimum absolute atomic E-state index is 0.0489. The highest BCUT2D eigenvalue weighted by Crippen LogP contribution is 2.30. The average Bonchev–Trinajstić information content (AvgIpc) is 2.55. The molecule has 1 aromatic rings. The van der Waals surface area contributed by atoms with Crippen molar-refractivity contribution in [3.05, 3.63) is 23.2 Å². The van der Waals surface area contributed by atoms with Crippen molar-refractivity contribution in [1.82, 2.24) is 4.90 Å². The van der Waals surface area contributed by atoms with Crippen LogP contribution in [0.4, 0.5) is 11.4 Å². The summed E-state index contributed by atoms with van der Waals surface area (Å²) < 4.78 is 0.294. The van der Waals surface area contributed by atoms with E-state index in [0.717, 1.165) is 25.3 Å². The van der Waals surface area contributed by atoms with Crippen molar-refractivity contribution in [3.63, 3.8) is 0 Å². The fraction of sp³-hybridized carbons (Fsp3) is 0.533. The molecular formula is C15H22ClN3OS. The molecule has 0 aliphatic carbocycles. The molecule has 0 radical (unpaired) electrons. The number of carbonyl (C=O) groups excluding carboxylic acids is 1. The van der Waals surface area contributed by atoms with Crippen LogP contribution in [-0.2, 0) is 4.79 Å². The first-order valence-corrected chi connectivity index (χ1v) is 8.43.